The topological polar surface area (TPSA) is 108 Å². The van der Waals surface area contributed by atoms with Crippen LogP contribution in [0.3, 0.4) is 0 Å². The van der Waals surface area contributed by atoms with Crippen LogP contribution in [-0.2, 0) is 12.3 Å². The summed E-state index contributed by atoms with van der Waals surface area (Å²) in [5.74, 6) is -2.98. The van der Waals surface area contributed by atoms with Crippen LogP contribution >= 0.6 is 0 Å². The van der Waals surface area contributed by atoms with Crippen LogP contribution in [0.5, 0.6) is 5.75 Å². The molecule has 164 valence electrons. The summed E-state index contributed by atoms with van der Waals surface area (Å²) in [6, 6.07) is 4.54. The molecule has 3 N–H and O–H groups in total. The second kappa shape index (κ2) is 7.10. The molecule has 0 saturated carbocycles. The van der Waals surface area contributed by atoms with Gasteiger partial charge in [0.25, 0.3) is 11.8 Å². The number of anilines is 1. The number of aromatic nitrogens is 2. The number of carbonyl (C=O) groups is 1. The van der Waals surface area contributed by atoms with E-state index in [-0.39, 0.29) is 61.9 Å². The molecule has 0 spiro atoms. The minimum absolute atomic E-state index is 0.133. The van der Waals surface area contributed by atoms with Crippen molar-refractivity contribution >= 4 is 11.9 Å². The first kappa shape index (κ1) is 20.1. The highest BCUT2D eigenvalue weighted by Gasteiger charge is 2.45. The van der Waals surface area contributed by atoms with Crippen LogP contribution in [0.1, 0.15) is 35.0 Å². The molecule has 1 aromatic heterocycles. The van der Waals surface area contributed by atoms with Crippen molar-refractivity contribution in [2.75, 3.05) is 24.6 Å². The van der Waals surface area contributed by atoms with Crippen molar-refractivity contribution in [3.05, 3.63) is 35.0 Å². The smallest absolute Gasteiger partial charge is 0.290 e. The van der Waals surface area contributed by atoms with E-state index in [1.807, 2.05) is 0 Å². The van der Waals surface area contributed by atoms with E-state index in [0.29, 0.717) is 22.4 Å². The van der Waals surface area contributed by atoms with Gasteiger partial charge < -0.3 is 25.2 Å². The lowest BCUT2D eigenvalue weighted by Gasteiger charge is -2.43. The van der Waals surface area contributed by atoms with Crippen molar-refractivity contribution < 1.29 is 28.5 Å². The van der Waals surface area contributed by atoms with Crippen LogP contribution in [0.4, 0.5) is 14.7 Å². The number of fused-ring (bicyclic) bond motifs is 2. The van der Waals surface area contributed by atoms with Gasteiger partial charge in [-0.1, -0.05) is 6.07 Å². The number of nitrogens with one attached hydrogen (secondary N) is 1. The van der Waals surface area contributed by atoms with Crippen molar-refractivity contribution in [1.29, 1.82) is 0 Å². The fourth-order valence-corrected chi connectivity index (χ4v) is 4.21. The SMILES string of the molecule is C[C@H]1[C@H](O)CN1c1nc(-c2ccc3c(c2)O[C@H](CO)CNC3=O)c2c(n1)C(F)(F)CC2. The number of hydrogen-bond donors (Lipinski definition) is 3. The Kier molecular flexibility index (Phi) is 4.60. The summed E-state index contributed by atoms with van der Waals surface area (Å²) in [4.78, 5) is 22.8. The number of halogens is 2. The van der Waals surface area contributed by atoms with Crippen molar-refractivity contribution in [2.24, 2.45) is 0 Å². The Morgan fingerprint density at radius 2 is 2.16 bits per heavy atom. The quantitative estimate of drug-likeness (QED) is 0.670. The molecule has 3 heterocycles. The Balaban J connectivity index is 1.63. The zero-order valence-electron chi connectivity index (χ0n) is 16.8. The zero-order chi connectivity index (χ0) is 21.9. The lowest BCUT2D eigenvalue weighted by atomic mass is 10.0. The molecule has 0 unspecified atom stereocenters. The summed E-state index contributed by atoms with van der Waals surface area (Å²) < 4.78 is 34.9. The lowest BCUT2D eigenvalue weighted by Crippen LogP contribution is -2.59. The molecule has 2 aromatic rings. The monoisotopic (exact) mass is 432 g/mol. The van der Waals surface area contributed by atoms with Gasteiger partial charge in [-0.3, -0.25) is 4.79 Å². The van der Waals surface area contributed by atoms with E-state index in [1.165, 1.54) is 0 Å². The van der Waals surface area contributed by atoms with Gasteiger partial charge in [-0.25, -0.2) is 9.97 Å². The molecule has 3 aliphatic rings. The number of amides is 1. The van der Waals surface area contributed by atoms with Crippen LogP contribution in [0.15, 0.2) is 18.2 Å². The van der Waals surface area contributed by atoms with Crippen LogP contribution in [0.2, 0.25) is 0 Å². The van der Waals surface area contributed by atoms with Crippen molar-refractivity contribution in [3.8, 4) is 17.0 Å². The normalized spacial score (nSPS) is 26.3. The Bertz CT molecular complexity index is 1060. The fraction of sp³-hybridized carbons (Fsp3) is 0.476. The maximum Gasteiger partial charge on any atom is 0.290 e. The Hall–Kier alpha value is -2.85. The van der Waals surface area contributed by atoms with Crippen molar-refractivity contribution in [2.45, 2.75) is 43.9 Å². The second-order valence-corrected chi connectivity index (χ2v) is 8.21. The molecule has 0 bridgehead atoms. The number of nitrogens with zero attached hydrogens (tertiary/aromatic N) is 3. The average Bonchev–Trinajstić information content (AvgIpc) is 2.97. The molecule has 1 aliphatic carbocycles. The Morgan fingerprint density at radius 1 is 1.35 bits per heavy atom. The molecule has 5 rings (SSSR count). The second-order valence-electron chi connectivity index (χ2n) is 8.21. The van der Waals surface area contributed by atoms with Crippen LogP contribution in [0.25, 0.3) is 11.3 Å². The minimum Gasteiger partial charge on any atom is -0.485 e. The molecule has 8 nitrogen and oxygen atoms in total. The molecule has 1 saturated heterocycles. The van der Waals surface area contributed by atoms with Crippen LogP contribution in [0, 0.1) is 0 Å². The summed E-state index contributed by atoms with van der Waals surface area (Å²) >= 11 is 0. The summed E-state index contributed by atoms with van der Waals surface area (Å²) in [5, 5.41) is 22.0. The van der Waals surface area contributed by atoms with E-state index in [4.69, 9.17) is 4.74 Å². The predicted octanol–water partition coefficient (Wildman–Crippen LogP) is 1.23. The summed E-state index contributed by atoms with van der Waals surface area (Å²) in [6.07, 6.45) is -1.38. The first-order valence-electron chi connectivity index (χ1n) is 10.2. The first-order chi connectivity index (χ1) is 14.8. The van der Waals surface area contributed by atoms with Crippen LogP contribution < -0.4 is 15.0 Å². The number of carbonyl (C=O) groups excluding carboxylic acids is 1. The van der Waals surface area contributed by atoms with E-state index in [0.717, 1.165) is 0 Å². The molecule has 0 radical (unpaired) electrons. The maximum atomic E-state index is 14.6. The number of aliphatic hydroxyl groups is 2. The average molecular weight is 432 g/mol. The first-order valence-corrected chi connectivity index (χ1v) is 10.2. The highest BCUT2D eigenvalue weighted by molar-refractivity contribution is 5.98. The molecular formula is C21H22F2N4O4. The fourth-order valence-electron chi connectivity index (χ4n) is 4.21. The van der Waals surface area contributed by atoms with Crippen LogP contribution in [-0.4, -0.2) is 64.0 Å². The van der Waals surface area contributed by atoms with Gasteiger partial charge in [0.15, 0.2) is 0 Å². The maximum absolute atomic E-state index is 14.6. The van der Waals surface area contributed by atoms with E-state index >= 15 is 0 Å². The van der Waals surface area contributed by atoms with E-state index < -0.39 is 18.1 Å². The molecule has 1 aromatic carbocycles. The number of β-amino-alcohol motifs (C(OH)–C–C–N with tert-alkyl or cyclic N) is 1. The number of hydrogen-bond acceptors (Lipinski definition) is 7. The van der Waals surface area contributed by atoms with E-state index in [9.17, 15) is 23.8 Å². The van der Waals surface area contributed by atoms with Gasteiger partial charge in [-0.15, -0.1) is 0 Å². The van der Waals surface area contributed by atoms with Gasteiger partial charge in [0.1, 0.15) is 17.5 Å². The van der Waals surface area contributed by atoms with E-state index in [1.54, 1.807) is 30.0 Å². The third-order valence-corrected chi connectivity index (χ3v) is 6.21. The molecule has 10 heteroatoms. The largest absolute Gasteiger partial charge is 0.485 e. The molecule has 1 amide bonds. The minimum atomic E-state index is -3.06. The van der Waals surface area contributed by atoms with Gasteiger partial charge in [0.05, 0.1) is 36.6 Å². The van der Waals surface area contributed by atoms with Gasteiger partial charge >= 0.3 is 0 Å². The molecule has 3 atom stereocenters. The number of alkyl halides is 2. The Labute approximate surface area is 176 Å². The highest BCUT2D eigenvalue weighted by atomic mass is 19.3. The summed E-state index contributed by atoms with van der Waals surface area (Å²) in [5.41, 5.74) is 1.27. The molecular weight excluding hydrogens is 410 g/mol. The van der Waals surface area contributed by atoms with Gasteiger partial charge in [-0.05, 0) is 25.5 Å². The zero-order valence-corrected chi connectivity index (χ0v) is 16.8. The number of benzene rings is 1. The number of aliphatic hydroxyl groups excluding tert-OH is 2. The van der Waals surface area contributed by atoms with Gasteiger partial charge in [0, 0.05) is 24.1 Å². The molecule has 1 fully saturated rings. The van der Waals surface area contributed by atoms with Gasteiger partial charge in [0.2, 0.25) is 5.95 Å². The highest BCUT2D eigenvalue weighted by Crippen LogP contribution is 2.45. The van der Waals surface area contributed by atoms with Crippen molar-refractivity contribution in [1.82, 2.24) is 15.3 Å². The molecule has 2 aliphatic heterocycles. The van der Waals surface area contributed by atoms with E-state index in [2.05, 4.69) is 15.3 Å². The molecule has 31 heavy (non-hydrogen) atoms. The standard InChI is InChI=1S/C21H22F2N4O4/c1-10-15(29)8-27(10)20-25-17(14-4-5-21(22,23)18(14)26-20)11-2-3-13-16(6-11)31-12(9-28)7-24-19(13)30/h2-3,6,10,12,15,28-29H,4-5,7-9H2,1H3,(H,24,30)/t10-,12-,15+/m0/s1. The van der Waals surface area contributed by atoms with Crippen molar-refractivity contribution in [3.63, 3.8) is 0 Å². The third kappa shape index (κ3) is 3.21. The summed E-state index contributed by atoms with van der Waals surface area (Å²) in [6.45, 7) is 1.94. The predicted molar refractivity (Wildman–Crippen MR) is 106 cm³/mol. The Morgan fingerprint density at radius 3 is 2.87 bits per heavy atom. The number of rotatable bonds is 3. The summed E-state index contributed by atoms with van der Waals surface area (Å²) in [7, 11) is 0. The number of ether oxygens (including phenoxy) is 1. The third-order valence-electron chi connectivity index (χ3n) is 6.21. The lowest BCUT2D eigenvalue weighted by molar-refractivity contribution is -0.00603. The van der Waals surface area contributed by atoms with Gasteiger partial charge in [-0.2, -0.15) is 8.78 Å².